The molecule has 3 rings (SSSR count). The van der Waals surface area contributed by atoms with Gasteiger partial charge in [-0.15, -0.1) is 0 Å². The first kappa shape index (κ1) is 22.1. The molecule has 5 nitrogen and oxygen atoms in total. The number of carbonyl (C=O) groups excluding carboxylic acids is 2. The molecule has 1 unspecified atom stereocenters. The van der Waals surface area contributed by atoms with Crippen molar-refractivity contribution in [3.8, 4) is 0 Å². The molecule has 0 aromatic carbocycles. The lowest BCUT2D eigenvalue weighted by molar-refractivity contribution is -0.203. The first-order valence-corrected chi connectivity index (χ1v) is 10.5. The van der Waals surface area contributed by atoms with Crippen LogP contribution in [0.2, 0.25) is 0 Å². The molecule has 1 aromatic rings. The van der Waals surface area contributed by atoms with E-state index in [9.17, 15) is 23.5 Å². The Morgan fingerprint density at radius 3 is 2.38 bits per heavy atom. The van der Waals surface area contributed by atoms with E-state index in [0.29, 0.717) is 5.69 Å². The highest BCUT2D eigenvalue weighted by atomic mass is 19.3. The van der Waals surface area contributed by atoms with Gasteiger partial charge in [0.15, 0.2) is 5.78 Å². The van der Waals surface area contributed by atoms with Crippen LogP contribution in [0.3, 0.4) is 0 Å². The molecule has 162 valence electrons. The van der Waals surface area contributed by atoms with E-state index >= 15 is 0 Å². The Morgan fingerprint density at radius 2 is 1.86 bits per heavy atom. The van der Waals surface area contributed by atoms with Crippen LogP contribution < -0.4 is 0 Å². The lowest BCUT2D eigenvalue weighted by atomic mass is 9.58. The third-order valence-electron chi connectivity index (χ3n) is 6.92. The number of aromatic nitrogens is 2. The summed E-state index contributed by atoms with van der Waals surface area (Å²) in [4.78, 5) is 25.5. The summed E-state index contributed by atoms with van der Waals surface area (Å²) in [5, 5.41) is 14.8. The molecular weight excluding hydrogens is 378 g/mol. The van der Waals surface area contributed by atoms with Gasteiger partial charge in [-0.3, -0.25) is 14.3 Å². The monoisotopic (exact) mass is 410 g/mol. The molecule has 2 aliphatic carbocycles. The standard InChI is InChI=1S/C22H32F2N2O3/c1-15(11-20(2)7-4-5-8-20)18(28)12-21(13-22(23,24)14-21)19(29)17(27)10-16-6-9-26(3)25-16/h6,9,15,19,29H,4-5,7-8,10-14H2,1-3H3/t15-,19?/m0/s1. The van der Waals surface area contributed by atoms with Crippen LogP contribution >= 0.6 is 0 Å². The van der Waals surface area contributed by atoms with Gasteiger partial charge in [-0.05, 0) is 30.7 Å². The Bertz CT molecular complexity index is 760. The summed E-state index contributed by atoms with van der Waals surface area (Å²) in [7, 11) is 1.71. The minimum absolute atomic E-state index is 0.124. The number of alkyl halides is 2. The molecule has 2 atom stereocenters. The highest BCUT2D eigenvalue weighted by molar-refractivity contribution is 5.88. The topological polar surface area (TPSA) is 72.2 Å². The van der Waals surface area contributed by atoms with Crippen molar-refractivity contribution in [2.45, 2.75) is 83.7 Å². The molecule has 2 fully saturated rings. The van der Waals surface area contributed by atoms with E-state index in [1.807, 2.05) is 6.92 Å². The van der Waals surface area contributed by atoms with Crippen molar-refractivity contribution in [1.29, 1.82) is 0 Å². The van der Waals surface area contributed by atoms with Crippen molar-refractivity contribution in [3.05, 3.63) is 18.0 Å². The predicted molar refractivity (Wildman–Crippen MR) is 105 cm³/mol. The molecule has 2 aliphatic rings. The van der Waals surface area contributed by atoms with Crippen LogP contribution in [-0.4, -0.2) is 38.5 Å². The van der Waals surface area contributed by atoms with Crippen LogP contribution in [0.1, 0.15) is 70.9 Å². The minimum Gasteiger partial charge on any atom is -0.385 e. The maximum atomic E-state index is 13.8. The number of ketones is 2. The Hall–Kier alpha value is -1.63. The molecule has 1 N–H and O–H groups in total. The normalized spacial score (nSPS) is 23.9. The number of nitrogens with zero attached hydrogens (tertiary/aromatic N) is 2. The van der Waals surface area contributed by atoms with E-state index in [0.717, 1.165) is 32.1 Å². The second kappa shape index (κ2) is 7.89. The fourth-order valence-corrected chi connectivity index (χ4v) is 5.37. The smallest absolute Gasteiger partial charge is 0.249 e. The van der Waals surface area contributed by atoms with Gasteiger partial charge in [0.2, 0.25) is 5.92 Å². The molecule has 0 bridgehead atoms. The summed E-state index contributed by atoms with van der Waals surface area (Å²) in [6, 6.07) is 1.65. The van der Waals surface area contributed by atoms with E-state index in [4.69, 9.17) is 0 Å². The third kappa shape index (κ3) is 4.93. The van der Waals surface area contributed by atoms with Crippen molar-refractivity contribution in [2.24, 2.45) is 23.8 Å². The van der Waals surface area contributed by atoms with Gasteiger partial charge in [-0.25, -0.2) is 8.78 Å². The molecule has 0 amide bonds. The molecule has 0 radical (unpaired) electrons. The van der Waals surface area contributed by atoms with Crippen LogP contribution in [0.15, 0.2) is 12.3 Å². The van der Waals surface area contributed by atoms with Gasteiger partial charge in [-0.2, -0.15) is 5.10 Å². The van der Waals surface area contributed by atoms with Crippen molar-refractivity contribution in [3.63, 3.8) is 0 Å². The van der Waals surface area contributed by atoms with Gasteiger partial charge >= 0.3 is 0 Å². The number of Topliss-reactive ketones (excluding diaryl/α,β-unsaturated/α-hetero) is 2. The highest BCUT2D eigenvalue weighted by Gasteiger charge is 2.62. The van der Waals surface area contributed by atoms with Crippen LogP contribution in [-0.2, 0) is 23.1 Å². The quantitative estimate of drug-likeness (QED) is 0.671. The van der Waals surface area contributed by atoms with Gasteiger partial charge < -0.3 is 5.11 Å². The summed E-state index contributed by atoms with van der Waals surface area (Å²) in [5.41, 5.74) is -0.761. The second-order valence-electron chi connectivity index (χ2n) is 9.86. The largest absolute Gasteiger partial charge is 0.385 e. The van der Waals surface area contributed by atoms with E-state index in [2.05, 4.69) is 12.0 Å². The maximum absolute atomic E-state index is 13.8. The highest BCUT2D eigenvalue weighted by Crippen LogP contribution is 2.57. The lowest BCUT2D eigenvalue weighted by Crippen LogP contribution is -2.57. The zero-order chi connectivity index (χ0) is 21.4. The second-order valence-corrected chi connectivity index (χ2v) is 9.86. The molecule has 29 heavy (non-hydrogen) atoms. The van der Waals surface area contributed by atoms with Crippen LogP contribution in [0.4, 0.5) is 8.78 Å². The SMILES string of the molecule is C[C@@H](CC1(C)CCCC1)C(=O)CC1(C(O)C(=O)Cc2ccn(C)n2)CC(F)(F)C1. The average Bonchev–Trinajstić information content (AvgIpc) is 3.20. The number of aryl methyl sites for hydroxylation is 1. The zero-order valence-corrected chi connectivity index (χ0v) is 17.6. The predicted octanol–water partition coefficient (Wildman–Crippen LogP) is 3.87. The number of halogens is 2. The first-order chi connectivity index (χ1) is 13.4. The summed E-state index contributed by atoms with van der Waals surface area (Å²) in [6.45, 7) is 4.03. The van der Waals surface area contributed by atoms with Crippen LogP contribution in [0, 0.1) is 16.7 Å². The third-order valence-corrected chi connectivity index (χ3v) is 6.92. The molecular formula is C22H32F2N2O3. The molecule has 2 saturated carbocycles. The van der Waals surface area contributed by atoms with Crippen LogP contribution in [0.5, 0.6) is 0 Å². The summed E-state index contributed by atoms with van der Waals surface area (Å²) in [5.74, 6) is -3.88. The van der Waals surface area contributed by atoms with E-state index in [1.165, 1.54) is 4.68 Å². The summed E-state index contributed by atoms with van der Waals surface area (Å²) < 4.78 is 29.1. The number of rotatable bonds is 9. The Balaban J connectivity index is 1.67. The van der Waals surface area contributed by atoms with Gasteiger partial charge in [-0.1, -0.05) is 26.7 Å². The number of aliphatic hydroxyl groups excluding tert-OH is 1. The Labute approximate surface area is 170 Å². The summed E-state index contributed by atoms with van der Waals surface area (Å²) in [6.07, 6.45) is 3.78. The zero-order valence-electron chi connectivity index (χ0n) is 17.6. The van der Waals surface area contributed by atoms with Gasteiger partial charge in [0.05, 0.1) is 12.1 Å². The molecule has 7 heteroatoms. The minimum atomic E-state index is -2.94. The number of aliphatic hydroxyl groups is 1. The molecule has 0 aliphatic heterocycles. The molecule has 0 saturated heterocycles. The fourth-order valence-electron chi connectivity index (χ4n) is 5.37. The van der Waals surface area contributed by atoms with E-state index < -0.39 is 36.1 Å². The maximum Gasteiger partial charge on any atom is 0.249 e. The van der Waals surface area contributed by atoms with Crippen LogP contribution in [0.25, 0.3) is 0 Å². The van der Waals surface area contributed by atoms with Crippen molar-refractivity contribution < 1.29 is 23.5 Å². The Morgan fingerprint density at radius 1 is 1.24 bits per heavy atom. The van der Waals surface area contributed by atoms with Gasteiger partial charge in [0, 0.05) is 43.8 Å². The van der Waals surface area contributed by atoms with E-state index in [1.54, 1.807) is 19.3 Å². The van der Waals surface area contributed by atoms with Crippen molar-refractivity contribution >= 4 is 11.6 Å². The van der Waals surface area contributed by atoms with Gasteiger partial charge in [0.25, 0.3) is 0 Å². The van der Waals surface area contributed by atoms with E-state index in [-0.39, 0.29) is 30.0 Å². The Kier molecular flexibility index (Phi) is 6.01. The number of carbonyl (C=O) groups is 2. The van der Waals surface area contributed by atoms with Crippen molar-refractivity contribution in [1.82, 2.24) is 9.78 Å². The summed E-state index contributed by atoms with van der Waals surface area (Å²) >= 11 is 0. The van der Waals surface area contributed by atoms with Crippen molar-refractivity contribution in [2.75, 3.05) is 0 Å². The molecule has 1 aromatic heterocycles. The lowest BCUT2D eigenvalue weighted by Gasteiger charge is -2.49. The molecule has 1 heterocycles. The first-order valence-electron chi connectivity index (χ1n) is 10.5. The number of hydrogen-bond donors (Lipinski definition) is 1. The number of hydrogen-bond acceptors (Lipinski definition) is 4. The fraction of sp³-hybridized carbons (Fsp3) is 0.773. The van der Waals surface area contributed by atoms with Gasteiger partial charge in [0.1, 0.15) is 11.9 Å². The average molecular weight is 411 g/mol. The molecule has 0 spiro atoms.